The summed E-state index contributed by atoms with van der Waals surface area (Å²) in [5.41, 5.74) is 0. The molecule has 4 unspecified atom stereocenters. The van der Waals surface area contributed by atoms with Crippen LogP contribution in [0.4, 0.5) is 0 Å². The average molecular weight is 564 g/mol. The van der Waals surface area contributed by atoms with Crippen molar-refractivity contribution in [3.63, 3.8) is 0 Å². The number of rotatable bonds is 27. The van der Waals surface area contributed by atoms with Crippen LogP contribution in [0, 0.1) is 0 Å². The van der Waals surface area contributed by atoms with Crippen LogP contribution in [0.25, 0.3) is 0 Å². The smallest absolute Gasteiger partial charge is 0.249 e. The summed E-state index contributed by atoms with van der Waals surface area (Å²) < 4.78 is 0. The van der Waals surface area contributed by atoms with Gasteiger partial charge in [0, 0.05) is 0 Å². The Morgan fingerprint density at radius 2 is 1.05 bits per heavy atom. The van der Waals surface area contributed by atoms with Gasteiger partial charge in [-0.05, 0) is 77.0 Å². The molecule has 0 saturated carbocycles. The summed E-state index contributed by atoms with van der Waals surface area (Å²) in [5.74, 6) is -0.620. The van der Waals surface area contributed by atoms with Gasteiger partial charge in [0.15, 0.2) is 0 Å². The Kier molecular flexibility index (Phi) is 27.5. The minimum absolute atomic E-state index is 0.334. The molecule has 0 aliphatic rings. The van der Waals surface area contributed by atoms with Crippen LogP contribution in [-0.2, 0) is 4.79 Å². The number of amides is 1. The van der Waals surface area contributed by atoms with Gasteiger partial charge in [-0.2, -0.15) is 0 Å². The zero-order valence-corrected chi connectivity index (χ0v) is 25.6. The molecule has 0 aliphatic heterocycles. The third kappa shape index (κ3) is 23.0. The first-order chi connectivity index (χ1) is 19.5. The molecule has 6 heteroatoms. The van der Waals surface area contributed by atoms with E-state index in [1.807, 2.05) is 0 Å². The summed E-state index contributed by atoms with van der Waals surface area (Å²) in [6, 6.07) is -1.01. The normalized spacial score (nSPS) is 15.4. The predicted octanol–water partition coefficient (Wildman–Crippen LogP) is 6.83. The Morgan fingerprint density at radius 1 is 0.600 bits per heavy atom. The van der Waals surface area contributed by atoms with E-state index in [1.54, 1.807) is 0 Å². The van der Waals surface area contributed by atoms with Crippen molar-refractivity contribution in [1.82, 2.24) is 5.32 Å². The number of allylic oxidation sites excluding steroid dienone is 8. The van der Waals surface area contributed by atoms with Crippen LogP contribution in [0.1, 0.15) is 129 Å². The lowest BCUT2D eigenvalue weighted by molar-refractivity contribution is -0.132. The molecular formula is C34H61NO5. The molecule has 5 N–H and O–H groups in total. The van der Waals surface area contributed by atoms with Crippen LogP contribution in [0.3, 0.4) is 0 Å². The van der Waals surface area contributed by atoms with Crippen molar-refractivity contribution in [3.05, 3.63) is 48.6 Å². The monoisotopic (exact) mass is 563 g/mol. The lowest BCUT2D eigenvalue weighted by Crippen LogP contribution is -2.53. The lowest BCUT2D eigenvalue weighted by atomic mass is 10.00. The quantitative estimate of drug-likeness (QED) is 0.0556. The molecule has 40 heavy (non-hydrogen) atoms. The Labute approximate surface area is 245 Å². The van der Waals surface area contributed by atoms with Gasteiger partial charge in [0.05, 0.1) is 18.8 Å². The lowest BCUT2D eigenvalue weighted by Gasteiger charge is -2.27. The number of carbonyl (C=O) groups is 1. The maximum Gasteiger partial charge on any atom is 0.249 e. The Bertz CT molecular complexity index is 688. The maximum atomic E-state index is 12.3. The number of aliphatic hydroxyl groups excluding tert-OH is 4. The summed E-state index contributed by atoms with van der Waals surface area (Å²) in [6.45, 7) is 3.88. The van der Waals surface area contributed by atoms with E-state index < -0.39 is 36.9 Å². The molecule has 0 aromatic heterocycles. The average Bonchev–Trinajstić information content (AvgIpc) is 2.96. The Hall–Kier alpha value is -1.73. The van der Waals surface area contributed by atoms with Crippen molar-refractivity contribution in [2.24, 2.45) is 0 Å². The molecule has 0 saturated heterocycles. The van der Waals surface area contributed by atoms with Crippen molar-refractivity contribution in [2.45, 2.75) is 154 Å². The highest BCUT2D eigenvalue weighted by Gasteiger charge is 2.28. The van der Waals surface area contributed by atoms with E-state index >= 15 is 0 Å². The van der Waals surface area contributed by atoms with Crippen LogP contribution in [-0.4, -0.2) is 57.3 Å². The molecule has 6 nitrogen and oxygen atoms in total. The first kappa shape index (κ1) is 38.3. The highest BCUT2D eigenvalue weighted by Crippen LogP contribution is 2.11. The summed E-state index contributed by atoms with van der Waals surface area (Å²) in [5, 5.41) is 43.1. The van der Waals surface area contributed by atoms with E-state index in [0.29, 0.717) is 19.3 Å². The molecule has 1 amide bonds. The minimum atomic E-state index is -1.30. The molecule has 0 aromatic carbocycles. The number of unbranched alkanes of at least 4 members (excludes halogenated alkanes) is 10. The molecule has 0 aliphatic carbocycles. The highest BCUT2D eigenvalue weighted by molar-refractivity contribution is 5.80. The van der Waals surface area contributed by atoms with Crippen molar-refractivity contribution in [2.75, 3.05) is 6.61 Å². The Balaban J connectivity index is 4.02. The number of aliphatic hydroxyl groups is 4. The molecular weight excluding hydrogens is 502 g/mol. The van der Waals surface area contributed by atoms with Crippen LogP contribution < -0.4 is 5.32 Å². The predicted molar refractivity (Wildman–Crippen MR) is 168 cm³/mol. The van der Waals surface area contributed by atoms with Gasteiger partial charge in [-0.15, -0.1) is 0 Å². The van der Waals surface area contributed by atoms with Gasteiger partial charge in [0.1, 0.15) is 12.2 Å². The second-order valence-corrected chi connectivity index (χ2v) is 10.8. The zero-order valence-electron chi connectivity index (χ0n) is 25.6. The van der Waals surface area contributed by atoms with Crippen molar-refractivity contribution in [1.29, 1.82) is 0 Å². The minimum Gasteiger partial charge on any atom is -0.394 e. The second-order valence-electron chi connectivity index (χ2n) is 10.8. The van der Waals surface area contributed by atoms with Crippen LogP contribution in [0.5, 0.6) is 0 Å². The third-order valence-corrected chi connectivity index (χ3v) is 6.97. The van der Waals surface area contributed by atoms with E-state index in [2.05, 4.69) is 67.8 Å². The number of nitrogens with one attached hydrogen (secondary N) is 1. The third-order valence-electron chi connectivity index (χ3n) is 6.97. The largest absolute Gasteiger partial charge is 0.394 e. The van der Waals surface area contributed by atoms with Gasteiger partial charge in [0.2, 0.25) is 5.91 Å². The first-order valence-corrected chi connectivity index (χ1v) is 16.0. The SMILES string of the molecule is CCCC/C=C\CCCCCC(O)C(=O)NC(CO)C(O)C(O)CCC/C=C/CC/C=C/CC/C=C/CCCC. The van der Waals surface area contributed by atoms with E-state index in [9.17, 15) is 25.2 Å². The van der Waals surface area contributed by atoms with E-state index in [-0.39, 0.29) is 0 Å². The molecule has 0 fully saturated rings. The molecule has 0 rings (SSSR count). The number of carbonyl (C=O) groups excluding carboxylic acids is 1. The molecule has 232 valence electrons. The van der Waals surface area contributed by atoms with Gasteiger partial charge in [-0.25, -0.2) is 0 Å². The molecule has 0 spiro atoms. The summed E-state index contributed by atoms with van der Waals surface area (Å²) in [4.78, 5) is 12.3. The van der Waals surface area contributed by atoms with Crippen molar-refractivity contribution in [3.8, 4) is 0 Å². The number of hydrogen-bond acceptors (Lipinski definition) is 5. The van der Waals surface area contributed by atoms with Crippen molar-refractivity contribution >= 4 is 5.91 Å². The fraction of sp³-hybridized carbons (Fsp3) is 0.735. The molecule has 0 radical (unpaired) electrons. The van der Waals surface area contributed by atoms with Crippen LogP contribution in [0.15, 0.2) is 48.6 Å². The molecule has 0 heterocycles. The van der Waals surface area contributed by atoms with Gasteiger partial charge in [0.25, 0.3) is 0 Å². The van der Waals surface area contributed by atoms with Gasteiger partial charge < -0.3 is 25.7 Å². The standard InChI is InChI=1S/C34H61NO5/c1-3-5-7-9-11-13-14-15-16-17-18-20-21-23-25-27-31(37)33(39)30(29-36)35-34(40)32(38)28-26-24-22-19-12-10-8-6-4-2/h9-12,15-16,20-21,30-33,36-39H,3-8,13-14,17-19,22-29H2,1-2H3,(H,35,40)/b11-9+,12-10-,16-15+,21-20+. The molecule has 0 bridgehead atoms. The van der Waals surface area contributed by atoms with E-state index in [0.717, 1.165) is 64.2 Å². The summed E-state index contributed by atoms with van der Waals surface area (Å²) >= 11 is 0. The zero-order chi connectivity index (χ0) is 29.7. The summed E-state index contributed by atoms with van der Waals surface area (Å²) in [7, 11) is 0. The van der Waals surface area contributed by atoms with Gasteiger partial charge >= 0.3 is 0 Å². The highest BCUT2D eigenvalue weighted by atomic mass is 16.3. The first-order valence-electron chi connectivity index (χ1n) is 16.0. The van der Waals surface area contributed by atoms with Gasteiger partial charge in [-0.3, -0.25) is 4.79 Å². The van der Waals surface area contributed by atoms with Crippen LogP contribution in [0.2, 0.25) is 0 Å². The topological polar surface area (TPSA) is 110 Å². The maximum absolute atomic E-state index is 12.3. The fourth-order valence-electron chi connectivity index (χ4n) is 4.28. The molecule has 4 atom stereocenters. The van der Waals surface area contributed by atoms with E-state index in [4.69, 9.17) is 0 Å². The van der Waals surface area contributed by atoms with Crippen LogP contribution >= 0.6 is 0 Å². The van der Waals surface area contributed by atoms with E-state index in [1.165, 1.54) is 32.1 Å². The summed E-state index contributed by atoms with van der Waals surface area (Å²) in [6.07, 6.45) is 31.4. The fourth-order valence-corrected chi connectivity index (χ4v) is 4.28. The number of hydrogen-bond donors (Lipinski definition) is 5. The van der Waals surface area contributed by atoms with Crippen molar-refractivity contribution < 1.29 is 25.2 Å². The Morgan fingerprint density at radius 3 is 1.52 bits per heavy atom. The molecule has 0 aromatic rings. The second kappa shape index (κ2) is 28.8. The van der Waals surface area contributed by atoms with Gasteiger partial charge in [-0.1, -0.05) is 101 Å².